The van der Waals surface area contributed by atoms with Crippen molar-refractivity contribution in [1.82, 2.24) is 16.4 Å². The summed E-state index contributed by atoms with van der Waals surface area (Å²) in [4.78, 5) is 75.4. The SMILES string of the molecule is CC(/C=C/C(=O)N[O-])=C\[C@@H](C)C(=O)c1ccc(N(C)C)cc1.CC(/C=C/C(=O)N[O-])=C\[C@@H](C)C(=O)c1ccc(N(C)C)cc1.CC(/C=C/C(=O)N[O-])=C\[C@@H](C)C(=O)c1ccc(N(C)C)cc1.[Fe+3]. The minimum Gasteiger partial charge on any atom is -0.759 e. The molecule has 0 aromatic heterocycles. The van der Waals surface area contributed by atoms with Gasteiger partial charge in [0.25, 0.3) is 0 Å². The Balaban J connectivity index is 0.000000968. The average Bonchev–Trinajstić information content (AvgIpc) is 3.31. The van der Waals surface area contributed by atoms with Crippen LogP contribution in [-0.4, -0.2) is 77.4 Å². The van der Waals surface area contributed by atoms with E-state index >= 15 is 0 Å². The quantitative estimate of drug-likeness (QED) is 0.0363. The van der Waals surface area contributed by atoms with Crippen LogP contribution in [-0.2, 0) is 31.5 Å². The number of nitrogens with one attached hydrogen (secondary N) is 3. The van der Waals surface area contributed by atoms with E-state index in [0.29, 0.717) is 16.7 Å². The van der Waals surface area contributed by atoms with Crippen LogP contribution in [0.3, 0.4) is 0 Å². The van der Waals surface area contributed by atoms with Crippen LogP contribution in [0.25, 0.3) is 0 Å². The third-order valence-electron chi connectivity index (χ3n) is 9.58. The summed E-state index contributed by atoms with van der Waals surface area (Å²) in [6.07, 6.45) is 13.2. The van der Waals surface area contributed by atoms with Gasteiger partial charge in [0.05, 0.1) is 0 Å². The topological polar surface area (TPSA) is 217 Å². The number of anilines is 3. The largest absolute Gasteiger partial charge is 3.00 e. The molecule has 3 amide bonds. The Kier molecular flexibility index (Phi) is 28.2. The van der Waals surface area contributed by atoms with Crippen molar-refractivity contribution < 1.29 is 45.8 Å². The van der Waals surface area contributed by atoms with Gasteiger partial charge in [-0.1, -0.05) is 73.9 Å². The summed E-state index contributed by atoms with van der Waals surface area (Å²) >= 11 is 0. The molecule has 16 heteroatoms. The van der Waals surface area contributed by atoms with Crippen LogP contribution >= 0.6 is 0 Å². The molecule has 0 saturated carbocycles. The molecule has 3 rings (SSSR count). The van der Waals surface area contributed by atoms with Crippen molar-refractivity contribution in [3.8, 4) is 0 Å². The summed E-state index contributed by atoms with van der Waals surface area (Å²) in [5, 5.41) is 30.3. The molecular weight excluding hydrogens is 896 g/mol. The molecule has 0 unspecified atom stereocenters. The fraction of sp³-hybridized carbons (Fsp3) is 0.294. The van der Waals surface area contributed by atoms with E-state index in [0.717, 1.165) is 52.0 Å². The van der Waals surface area contributed by atoms with Crippen LogP contribution in [0.15, 0.2) is 144 Å². The Bertz CT molecular complexity index is 2020. The molecule has 359 valence electrons. The van der Waals surface area contributed by atoms with Crippen molar-refractivity contribution in [3.63, 3.8) is 0 Å². The second-order valence-electron chi connectivity index (χ2n) is 15.9. The smallest absolute Gasteiger partial charge is 0.759 e. The van der Waals surface area contributed by atoms with E-state index in [4.69, 9.17) is 0 Å². The third-order valence-corrected chi connectivity index (χ3v) is 9.58. The minimum atomic E-state index is -0.717. The molecule has 0 aliphatic heterocycles. The summed E-state index contributed by atoms with van der Waals surface area (Å²) in [6.45, 7) is 10.7. The molecule has 0 bridgehead atoms. The Labute approximate surface area is 405 Å². The molecule has 3 aromatic rings. The van der Waals surface area contributed by atoms with Crippen LogP contribution in [0, 0.1) is 33.4 Å². The number of allylic oxidation sites excluding steroid dienone is 9. The summed E-state index contributed by atoms with van der Waals surface area (Å²) in [7, 11) is 11.6. The van der Waals surface area contributed by atoms with Crippen molar-refractivity contribution in [1.29, 1.82) is 0 Å². The molecule has 0 aliphatic carbocycles. The second kappa shape index (κ2) is 31.3. The van der Waals surface area contributed by atoms with E-state index in [1.54, 1.807) is 96.2 Å². The molecule has 1 radical (unpaired) electrons. The first kappa shape index (κ1) is 60.3. The Hall–Kier alpha value is -6.68. The van der Waals surface area contributed by atoms with Gasteiger partial charge in [-0.3, -0.25) is 28.8 Å². The number of hydrogen-bond donors (Lipinski definition) is 3. The van der Waals surface area contributed by atoms with Crippen LogP contribution in [0.4, 0.5) is 17.1 Å². The first-order valence-electron chi connectivity index (χ1n) is 20.9. The average molecular weight is 960 g/mol. The number of nitrogens with zero attached hydrogens (tertiary/aromatic N) is 3. The number of benzene rings is 3. The van der Waals surface area contributed by atoms with E-state index in [1.165, 1.54) is 34.7 Å². The van der Waals surface area contributed by atoms with Crippen molar-refractivity contribution >= 4 is 52.1 Å². The molecule has 0 fully saturated rings. The van der Waals surface area contributed by atoms with E-state index in [-0.39, 0.29) is 52.2 Å². The summed E-state index contributed by atoms with van der Waals surface area (Å²) in [5.74, 6) is -3.08. The zero-order valence-electron chi connectivity index (χ0n) is 40.2. The number of carbonyl (C=O) groups excluding carboxylic acids is 6. The predicted octanol–water partition coefficient (Wildman–Crippen LogP) is 8.06. The summed E-state index contributed by atoms with van der Waals surface area (Å²) < 4.78 is 0. The van der Waals surface area contributed by atoms with Gasteiger partial charge in [-0.25, -0.2) is 0 Å². The van der Waals surface area contributed by atoms with Gasteiger partial charge < -0.3 is 46.8 Å². The van der Waals surface area contributed by atoms with Crippen molar-refractivity contribution in [3.05, 3.63) is 177 Å². The van der Waals surface area contributed by atoms with Gasteiger partial charge in [-0.05, 0) is 93.6 Å². The van der Waals surface area contributed by atoms with Gasteiger partial charge in [-0.15, -0.1) is 0 Å². The minimum absolute atomic E-state index is 0. The standard InChI is InChI=1S/3C17H21N2O3.Fe/c3*1-12(5-10-16(20)18-22)11-13(2)17(21)14-6-8-15(9-7-14)19(3)4;/h3*5-11,13H,1-4H3,(H-,18,20,22);/q3*-1;+3/b3*10-5+,12-11+;/t3*13-;/m111./s1. The van der Waals surface area contributed by atoms with Gasteiger partial charge in [0.1, 0.15) is 0 Å². The van der Waals surface area contributed by atoms with Crippen LogP contribution < -0.4 is 31.1 Å². The predicted molar refractivity (Wildman–Crippen MR) is 266 cm³/mol. The van der Waals surface area contributed by atoms with E-state index < -0.39 is 17.7 Å². The molecule has 3 aromatic carbocycles. The normalized spacial score (nSPS) is 12.9. The fourth-order valence-electron chi connectivity index (χ4n) is 5.86. The number of hydrogen-bond acceptors (Lipinski definition) is 12. The van der Waals surface area contributed by atoms with Gasteiger partial charge in [-0.2, -0.15) is 0 Å². The van der Waals surface area contributed by atoms with Crippen LogP contribution in [0.5, 0.6) is 0 Å². The fourth-order valence-corrected chi connectivity index (χ4v) is 5.86. The van der Waals surface area contributed by atoms with Crippen molar-refractivity contribution in [2.75, 3.05) is 57.0 Å². The summed E-state index contributed by atoms with van der Waals surface area (Å²) in [5.41, 5.74) is 11.0. The molecule has 0 spiro atoms. The Morgan fingerprint density at radius 1 is 0.403 bits per heavy atom. The maximum atomic E-state index is 12.3. The van der Waals surface area contributed by atoms with Crippen LogP contribution in [0.1, 0.15) is 72.6 Å². The molecule has 0 heterocycles. The first-order chi connectivity index (χ1) is 31.0. The third kappa shape index (κ3) is 22.9. The number of ketones is 3. The molecule has 0 aliphatic rings. The molecule has 3 atom stereocenters. The zero-order valence-corrected chi connectivity index (χ0v) is 41.3. The first-order valence-corrected chi connectivity index (χ1v) is 20.9. The van der Waals surface area contributed by atoms with Gasteiger partial charge in [0, 0.05) is 112 Å². The number of amides is 3. The van der Waals surface area contributed by atoms with Crippen molar-refractivity contribution in [2.24, 2.45) is 17.8 Å². The number of carbonyl (C=O) groups is 6. The van der Waals surface area contributed by atoms with Gasteiger partial charge in [0.2, 0.25) is 17.7 Å². The van der Waals surface area contributed by atoms with E-state index in [9.17, 15) is 44.4 Å². The molecular formula is C51H63FeN6O9. The number of rotatable bonds is 18. The van der Waals surface area contributed by atoms with Gasteiger partial charge in [0.15, 0.2) is 17.3 Å². The number of hydroxylamine groups is 3. The maximum absolute atomic E-state index is 12.3. The Morgan fingerprint density at radius 3 is 0.761 bits per heavy atom. The molecule has 15 nitrogen and oxygen atoms in total. The molecule has 0 saturated heterocycles. The zero-order chi connectivity index (χ0) is 50.1. The van der Waals surface area contributed by atoms with Crippen LogP contribution in [0.2, 0.25) is 0 Å². The second-order valence-corrected chi connectivity index (χ2v) is 15.9. The maximum Gasteiger partial charge on any atom is 3.00 e. The van der Waals surface area contributed by atoms with E-state index in [2.05, 4.69) is 0 Å². The van der Waals surface area contributed by atoms with Gasteiger partial charge >= 0.3 is 17.1 Å². The summed E-state index contributed by atoms with van der Waals surface area (Å²) in [6, 6.07) is 22.2. The van der Waals surface area contributed by atoms with Crippen molar-refractivity contribution in [2.45, 2.75) is 41.5 Å². The Morgan fingerprint density at radius 2 is 0.597 bits per heavy atom. The molecule has 67 heavy (non-hydrogen) atoms. The monoisotopic (exact) mass is 959 g/mol. The van der Waals surface area contributed by atoms with E-state index in [1.807, 2.05) is 93.4 Å². The number of Topliss-reactive ketones (excluding diaryl/α,β-unsaturated/α-hetero) is 3. The molecule has 3 N–H and O–H groups in total.